The molecule has 1 aliphatic rings. The fourth-order valence-corrected chi connectivity index (χ4v) is 2.45. The van der Waals surface area contributed by atoms with Crippen LogP contribution in [0.4, 0.5) is 5.69 Å². The maximum Gasteiger partial charge on any atom is 0.227 e. The second-order valence-corrected chi connectivity index (χ2v) is 4.95. The number of hydrogen-bond acceptors (Lipinski definition) is 3. The lowest BCUT2D eigenvalue weighted by Crippen LogP contribution is -2.28. The highest BCUT2D eigenvalue weighted by molar-refractivity contribution is 5.93. The average Bonchev–Trinajstić information content (AvgIpc) is 2.88. The van der Waals surface area contributed by atoms with Gasteiger partial charge in [-0.15, -0.1) is 0 Å². The Morgan fingerprint density at radius 2 is 2.42 bits per heavy atom. The van der Waals surface area contributed by atoms with Gasteiger partial charge in [-0.25, -0.2) is 4.98 Å². The van der Waals surface area contributed by atoms with Gasteiger partial charge in [0.25, 0.3) is 0 Å². The molecule has 0 radical (unpaired) electrons. The molecule has 0 unspecified atom stereocenters. The van der Waals surface area contributed by atoms with E-state index in [4.69, 9.17) is 0 Å². The van der Waals surface area contributed by atoms with Crippen LogP contribution in [-0.4, -0.2) is 20.9 Å². The standard InChI is InChI=1S/C14H16N4O/c1-9-4-5-15-7-13(9)18-14(19)10-2-3-11-12(6-10)17-8-16-11/h4-5,7-8,10H,2-3,6H2,1H3,(H,16,17)(H,18,19)/t10-/m1/s1. The summed E-state index contributed by atoms with van der Waals surface area (Å²) in [7, 11) is 0. The van der Waals surface area contributed by atoms with Gasteiger partial charge in [0.1, 0.15) is 0 Å². The highest BCUT2D eigenvalue weighted by Gasteiger charge is 2.26. The number of aromatic nitrogens is 3. The topological polar surface area (TPSA) is 70.7 Å². The van der Waals surface area contributed by atoms with Gasteiger partial charge >= 0.3 is 0 Å². The van der Waals surface area contributed by atoms with Crippen LogP contribution in [0.2, 0.25) is 0 Å². The molecule has 3 rings (SSSR count). The summed E-state index contributed by atoms with van der Waals surface area (Å²) in [6.45, 7) is 1.96. The molecule has 5 nitrogen and oxygen atoms in total. The first kappa shape index (κ1) is 11.9. The van der Waals surface area contributed by atoms with Crippen molar-refractivity contribution in [3.8, 4) is 0 Å². The monoisotopic (exact) mass is 256 g/mol. The van der Waals surface area contributed by atoms with Crippen molar-refractivity contribution in [2.75, 3.05) is 5.32 Å². The van der Waals surface area contributed by atoms with E-state index >= 15 is 0 Å². The number of carbonyl (C=O) groups excluding carboxylic acids is 1. The molecule has 2 N–H and O–H groups in total. The highest BCUT2D eigenvalue weighted by Crippen LogP contribution is 2.24. The van der Waals surface area contributed by atoms with Crippen molar-refractivity contribution >= 4 is 11.6 Å². The molecule has 1 amide bonds. The van der Waals surface area contributed by atoms with Gasteiger partial charge in [0.05, 0.1) is 23.9 Å². The molecule has 0 aromatic carbocycles. The number of rotatable bonds is 2. The third kappa shape index (κ3) is 2.36. The summed E-state index contributed by atoms with van der Waals surface area (Å²) in [6.07, 6.45) is 7.57. The SMILES string of the molecule is Cc1ccncc1NC(=O)[C@@H]1CCc2nc[nH]c2C1. The second kappa shape index (κ2) is 4.84. The zero-order valence-electron chi connectivity index (χ0n) is 10.8. The number of aromatic amines is 1. The van der Waals surface area contributed by atoms with E-state index in [0.717, 1.165) is 41.9 Å². The number of H-pyrrole nitrogens is 1. The number of imidazole rings is 1. The van der Waals surface area contributed by atoms with Gasteiger partial charge < -0.3 is 10.3 Å². The zero-order valence-corrected chi connectivity index (χ0v) is 10.8. The lowest BCUT2D eigenvalue weighted by atomic mass is 9.89. The third-order valence-corrected chi connectivity index (χ3v) is 3.66. The average molecular weight is 256 g/mol. The van der Waals surface area contributed by atoms with E-state index in [2.05, 4.69) is 20.3 Å². The summed E-state index contributed by atoms with van der Waals surface area (Å²) in [5.74, 6) is 0.0731. The summed E-state index contributed by atoms with van der Waals surface area (Å²) >= 11 is 0. The van der Waals surface area contributed by atoms with Gasteiger partial charge in [0.2, 0.25) is 5.91 Å². The first-order valence-electron chi connectivity index (χ1n) is 6.46. The number of hydrogen-bond donors (Lipinski definition) is 2. The molecular formula is C14H16N4O. The van der Waals surface area contributed by atoms with E-state index in [1.807, 2.05) is 13.0 Å². The van der Waals surface area contributed by atoms with Gasteiger partial charge in [0, 0.05) is 24.2 Å². The minimum absolute atomic E-state index is 0.00700. The molecule has 0 saturated carbocycles. The summed E-state index contributed by atoms with van der Waals surface area (Å²) < 4.78 is 0. The molecule has 0 fully saturated rings. The summed E-state index contributed by atoms with van der Waals surface area (Å²) in [6, 6.07) is 1.89. The van der Waals surface area contributed by atoms with Crippen LogP contribution in [0, 0.1) is 12.8 Å². The smallest absolute Gasteiger partial charge is 0.227 e. The molecule has 1 atom stereocenters. The van der Waals surface area contributed by atoms with E-state index in [9.17, 15) is 4.79 Å². The number of carbonyl (C=O) groups is 1. The van der Waals surface area contributed by atoms with Gasteiger partial charge in [-0.3, -0.25) is 9.78 Å². The molecule has 1 aliphatic carbocycles. The summed E-state index contributed by atoms with van der Waals surface area (Å²) in [5.41, 5.74) is 4.01. The Kier molecular flexibility index (Phi) is 3.03. The molecule has 0 saturated heterocycles. The lowest BCUT2D eigenvalue weighted by molar-refractivity contribution is -0.120. The molecule has 0 bridgehead atoms. The fourth-order valence-electron chi connectivity index (χ4n) is 2.45. The highest BCUT2D eigenvalue weighted by atomic mass is 16.1. The van der Waals surface area contributed by atoms with Gasteiger partial charge in [-0.05, 0) is 31.4 Å². The van der Waals surface area contributed by atoms with Crippen LogP contribution < -0.4 is 5.32 Å². The fraction of sp³-hybridized carbons (Fsp3) is 0.357. The molecule has 2 aromatic rings. The second-order valence-electron chi connectivity index (χ2n) is 4.95. The van der Waals surface area contributed by atoms with Crippen LogP contribution in [0.25, 0.3) is 0 Å². The van der Waals surface area contributed by atoms with E-state index < -0.39 is 0 Å². The minimum Gasteiger partial charge on any atom is -0.348 e. The van der Waals surface area contributed by atoms with Crippen molar-refractivity contribution in [1.82, 2.24) is 15.0 Å². The normalized spacial score (nSPS) is 17.8. The van der Waals surface area contributed by atoms with Crippen LogP contribution in [0.3, 0.4) is 0 Å². The third-order valence-electron chi connectivity index (χ3n) is 3.66. The van der Waals surface area contributed by atoms with Crippen molar-refractivity contribution in [3.05, 3.63) is 41.7 Å². The predicted octanol–water partition coefficient (Wildman–Crippen LogP) is 1.86. The van der Waals surface area contributed by atoms with Crippen LogP contribution in [0.1, 0.15) is 23.4 Å². The van der Waals surface area contributed by atoms with Gasteiger partial charge in [-0.2, -0.15) is 0 Å². The maximum atomic E-state index is 12.3. The molecular weight excluding hydrogens is 240 g/mol. The number of fused-ring (bicyclic) bond motifs is 1. The Balaban J connectivity index is 1.71. The van der Waals surface area contributed by atoms with Crippen LogP contribution in [0.15, 0.2) is 24.8 Å². The maximum absolute atomic E-state index is 12.3. The van der Waals surface area contributed by atoms with E-state index in [0.29, 0.717) is 0 Å². The molecule has 0 aliphatic heterocycles. The number of aryl methyl sites for hydroxylation is 2. The lowest BCUT2D eigenvalue weighted by Gasteiger charge is -2.21. The number of anilines is 1. The van der Waals surface area contributed by atoms with Crippen molar-refractivity contribution < 1.29 is 4.79 Å². The Hall–Kier alpha value is -2.17. The van der Waals surface area contributed by atoms with Crippen molar-refractivity contribution in [3.63, 3.8) is 0 Å². The summed E-state index contributed by atoms with van der Waals surface area (Å²) in [4.78, 5) is 23.7. The zero-order chi connectivity index (χ0) is 13.2. The molecule has 0 spiro atoms. The largest absolute Gasteiger partial charge is 0.348 e. The molecule has 2 aromatic heterocycles. The molecule has 2 heterocycles. The van der Waals surface area contributed by atoms with E-state index in [1.165, 1.54) is 0 Å². The number of nitrogens with zero attached hydrogens (tertiary/aromatic N) is 2. The van der Waals surface area contributed by atoms with Crippen molar-refractivity contribution in [2.45, 2.75) is 26.2 Å². The van der Waals surface area contributed by atoms with Gasteiger partial charge in [-0.1, -0.05) is 0 Å². The van der Waals surface area contributed by atoms with Crippen LogP contribution in [-0.2, 0) is 17.6 Å². The molecule has 19 heavy (non-hydrogen) atoms. The Labute approximate surface area is 111 Å². The Morgan fingerprint density at radius 1 is 1.53 bits per heavy atom. The Bertz CT molecular complexity index is 605. The predicted molar refractivity (Wildman–Crippen MR) is 71.7 cm³/mol. The van der Waals surface area contributed by atoms with Crippen molar-refractivity contribution in [1.29, 1.82) is 0 Å². The van der Waals surface area contributed by atoms with Crippen molar-refractivity contribution in [2.24, 2.45) is 5.92 Å². The van der Waals surface area contributed by atoms with Crippen LogP contribution >= 0.6 is 0 Å². The number of amides is 1. The molecule has 5 heteroatoms. The van der Waals surface area contributed by atoms with E-state index in [-0.39, 0.29) is 11.8 Å². The molecule has 98 valence electrons. The number of pyridine rings is 1. The quantitative estimate of drug-likeness (QED) is 0.861. The van der Waals surface area contributed by atoms with E-state index in [1.54, 1.807) is 18.7 Å². The first-order valence-corrected chi connectivity index (χ1v) is 6.46. The van der Waals surface area contributed by atoms with Crippen LogP contribution in [0.5, 0.6) is 0 Å². The van der Waals surface area contributed by atoms with Gasteiger partial charge in [0.15, 0.2) is 0 Å². The minimum atomic E-state index is 0.00700. The first-order chi connectivity index (χ1) is 9.24. The Morgan fingerprint density at radius 3 is 3.26 bits per heavy atom. The number of nitrogens with one attached hydrogen (secondary N) is 2. The summed E-state index contributed by atoms with van der Waals surface area (Å²) in [5, 5.41) is 2.97.